The van der Waals surface area contributed by atoms with Crippen molar-refractivity contribution in [3.8, 4) is 5.75 Å². The zero-order valence-corrected chi connectivity index (χ0v) is 15.8. The molecule has 0 atom stereocenters. The molecule has 3 rings (SSSR count). The van der Waals surface area contributed by atoms with E-state index in [2.05, 4.69) is 15.9 Å². The molecular formula is C22H19BrO3. The van der Waals surface area contributed by atoms with Crippen LogP contribution in [0.15, 0.2) is 89.4 Å². The minimum atomic E-state index is -0.440. The van der Waals surface area contributed by atoms with Crippen LogP contribution in [0.4, 0.5) is 0 Å². The summed E-state index contributed by atoms with van der Waals surface area (Å²) in [6.45, 7) is 0.509. The maximum absolute atomic E-state index is 12.7. The van der Waals surface area contributed by atoms with E-state index < -0.39 is 5.92 Å². The molecule has 0 aliphatic rings. The molecule has 3 aromatic rings. The van der Waals surface area contributed by atoms with E-state index in [4.69, 9.17) is 9.47 Å². The van der Waals surface area contributed by atoms with E-state index in [1.807, 2.05) is 84.9 Å². The molecule has 0 bridgehead atoms. The molecule has 3 nitrogen and oxygen atoms in total. The van der Waals surface area contributed by atoms with Gasteiger partial charge >= 0.3 is 5.97 Å². The summed E-state index contributed by atoms with van der Waals surface area (Å²) in [5.74, 6) is 0.0267. The first-order chi connectivity index (χ1) is 12.7. The second-order valence-electron chi connectivity index (χ2n) is 5.72. The lowest BCUT2D eigenvalue weighted by Gasteiger charge is -2.17. The van der Waals surface area contributed by atoms with E-state index in [1.165, 1.54) is 0 Å². The van der Waals surface area contributed by atoms with E-state index in [-0.39, 0.29) is 12.6 Å². The smallest absolute Gasteiger partial charge is 0.318 e. The van der Waals surface area contributed by atoms with Crippen LogP contribution in [0.1, 0.15) is 17.0 Å². The summed E-state index contributed by atoms with van der Waals surface area (Å²) in [6.07, 6.45) is 0. The van der Waals surface area contributed by atoms with Crippen LogP contribution in [0.2, 0.25) is 0 Å². The SMILES string of the molecule is O=C(OCCOc1ccc(Br)cc1)C(c1ccccc1)c1ccccc1. The topological polar surface area (TPSA) is 35.5 Å². The molecule has 0 saturated heterocycles. The summed E-state index contributed by atoms with van der Waals surface area (Å²) in [5.41, 5.74) is 1.83. The molecule has 3 aromatic carbocycles. The van der Waals surface area contributed by atoms with Crippen LogP contribution in [0.3, 0.4) is 0 Å². The third-order valence-electron chi connectivity index (χ3n) is 3.91. The third-order valence-corrected chi connectivity index (χ3v) is 4.44. The summed E-state index contributed by atoms with van der Waals surface area (Å²) in [5, 5.41) is 0. The standard InChI is InChI=1S/C22H19BrO3/c23-19-11-13-20(14-12-19)25-15-16-26-22(24)21(17-7-3-1-4-8-17)18-9-5-2-6-10-18/h1-14,21H,15-16H2. The van der Waals surface area contributed by atoms with Crippen molar-refractivity contribution in [2.45, 2.75) is 5.92 Å². The highest BCUT2D eigenvalue weighted by Crippen LogP contribution is 2.26. The second kappa shape index (κ2) is 9.20. The first kappa shape index (κ1) is 18.2. The molecule has 0 N–H and O–H groups in total. The van der Waals surface area contributed by atoms with E-state index in [9.17, 15) is 4.79 Å². The highest BCUT2D eigenvalue weighted by Gasteiger charge is 2.23. The number of carbonyl (C=O) groups is 1. The molecule has 0 fully saturated rings. The fourth-order valence-electron chi connectivity index (χ4n) is 2.67. The van der Waals surface area contributed by atoms with Gasteiger partial charge in [-0.15, -0.1) is 0 Å². The molecular weight excluding hydrogens is 392 g/mol. The molecule has 4 heteroatoms. The summed E-state index contributed by atoms with van der Waals surface area (Å²) in [4.78, 5) is 12.7. The van der Waals surface area contributed by atoms with Crippen LogP contribution < -0.4 is 4.74 Å². The Morgan fingerprint density at radius 1 is 0.769 bits per heavy atom. The maximum Gasteiger partial charge on any atom is 0.318 e. The summed E-state index contributed by atoms with van der Waals surface area (Å²) >= 11 is 3.38. The van der Waals surface area contributed by atoms with Crippen molar-refractivity contribution in [3.63, 3.8) is 0 Å². The van der Waals surface area contributed by atoms with Gasteiger partial charge in [0.25, 0.3) is 0 Å². The Morgan fingerprint density at radius 3 is 1.85 bits per heavy atom. The van der Waals surface area contributed by atoms with Crippen molar-refractivity contribution in [1.82, 2.24) is 0 Å². The maximum atomic E-state index is 12.7. The minimum Gasteiger partial charge on any atom is -0.490 e. The van der Waals surface area contributed by atoms with E-state index in [1.54, 1.807) is 0 Å². The number of esters is 1. The molecule has 0 saturated carbocycles. The van der Waals surface area contributed by atoms with Crippen LogP contribution in [0.5, 0.6) is 5.75 Å². The van der Waals surface area contributed by atoms with Crippen molar-refractivity contribution in [3.05, 3.63) is 101 Å². The van der Waals surface area contributed by atoms with Crippen molar-refractivity contribution in [2.24, 2.45) is 0 Å². The number of rotatable bonds is 7. The van der Waals surface area contributed by atoms with Gasteiger partial charge in [-0.2, -0.15) is 0 Å². The average molecular weight is 411 g/mol. The average Bonchev–Trinajstić information content (AvgIpc) is 2.68. The van der Waals surface area contributed by atoms with Gasteiger partial charge in [0.1, 0.15) is 24.9 Å². The molecule has 0 aliphatic heterocycles. The number of ether oxygens (including phenoxy) is 2. The zero-order chi connectivity index (χ0) is 18.2. The highest BCUT2D eigenvalue weighted by atomic mass is 79.9. The summed E-state index contributed by atoms with van der Waals surface area (Å²) < 4.78 is 12.1. The quantitative estimate of drug-likeness (QED) is 0.396. The Morgan fingerprint density at radius 2 is 1.31 bits per heavy atom. The van der Waals surface area contributed by atoms with Crippen molar-refractivity contribution in [2.75, 3.05) is 13.2 Å². The van der Waals surface area contributed by atoms with Crippen LogP contribution in [-0.4, -0.2) is 19.2 Å². The minimum absolute atomic E-state index is 0.199. The normalized spacial score (nSPS) is 10.5. The van der Waals surface area contributed by atoms with Gasteiger partial charge in [0.15, 0.2) is 0 Å². The number of carbonyl (C=O) groups excluding carboxylic acids is 1. The molecule has 0 amide bonds. The number of hydrogen-bond donors (Lipinski definition) is 0. The largest absolute Gasteiger partial charge is 0.490 e. The van der Waals surface area contributed by atoms with Gasteiger partial charge in [-0.1, -0.05) is 76.6 Å². The van der Waals surface area contributed by atoms with E-state index in [0.717, 1.165) is 21.3 Å². The molecule has 0 aromatic heterocycles. The lowest BCUT2D eigenvalue weighted by molar-refractivity contribution is -0.145. The van der Waals surface area contributed by atoms with Crippen molar-refractivity contribution >= 4 is 21.9 Å². The zero-order valence-electron chi connectivity index (χ0n) is 14.2. The molecule has 0 spiro atoms. The number of hydrogen-bond acceptors (Lipinski definition) is 3. The number of benzene rings is 3. The first-order valence-electron chi connectivity index (χ1n) is 8.39. The molecule has 0 unspecified atom stereocenters. The Labute approximate surface area is 161 Å². The van der Waals surface area contributed by atoms with Crippen LogP contribution in [0.25, 0.3) is 0 Å². The Bertz CT molecular complexity index is 778. The monoisotopic (exact) mass is 410 g/mol. The van der Waals surface area contributed by atoms with Gasteiger partial charge < -0.3 is 9.47 Å². The predicted octanol–water partition coefficient (Wildman–Crippen LogP) is 5.20. The van der Waals surface area contributed by atoms with Crippen LogP contribution >= 0.6 is 15.9 Å². The molecule has 0 radical (unpaired) electrons. The summed E-state index contributed by atoms with van der Waals surface area (Å²) in [6, 6.07) is 26.9. The molecule has 0 aliphatic carbocycles. The fourth-order valence-corrected chi connectivity index (χ4v) is 2.94. The Hall–Kier alpha value is -2.59. The molecule has 132 valence electrons. The predicted molar refractivity (Wildman–Crippen MR) is 105 cm³/mol. The van der Waals surface area contributed by atoms with Gasteiger partial charge in [0, 0.05) is 4.47 Å². The Balaban J connectivity index is 1.62. The van der Waals surface area contributed by atoms with Gasteiger partial charge in [-0.3, -0.25) is 4.79 Å². The highest BCUT2D eigenvalue weighted by molar-refractivity contribution is 9.10. The van der Waals surface area contributed by atoms with Gasteiger partial charge in [-0.25, -0.2) is 0 Å². The van der Waals surface area contributed by atoms with Gasteiger partial charge in [0.05, 0.1) is 0 Å². The third kappa shape index (κ3) is 4.96. The molecule has 0 heterocycles. The van der Waals surface area contributed by atoms with Crippen molar-refractivity contribution < 1.29 is 14.3 Å². The van der Waals surface area contributed by atoms with Crippen LogP contribution in [-0.2, 0) is 9.53 Å². The van der Waals surface area contributed by atoms with Crippen LogP contribution in [0, 0.1) is 0 Å². The number of halogens is 1. The first-order valence-corrected chi connectivity index (χ1v) is 9.18. The fraction of sp³-hybridized carbons (Fsp3) is 0.136. The molecule has 26 heavy (non-hydrogen) atoms. The Kier molecular flexibility index (Phi) is 6.45. The van der Waals surface area contributed by atoms with E-state index in [0.29, 0.717) is 6.61 Å². The summed E-state index contributed by atoms with van der Waals surface area (Å²) in [7, 11) is 0. The van der Waals surface area contributed by atoms with Gasteiger partial charge in [-0.05, 0) is 35.4 Å². The second-order valence-corrected chi connectivity index (χ2v) is 6.64. The van der Waals surface area contributed by atoms with Gasteiger partial charge in [0.2, 0.25) is 0 Å². The lowest BCUT2D eigenvalue weighted by atomic mass is 9.91. The van der Waals surface area contributed by atoms with E-state index >= 15 is 0 Å². The van der Waals surface area contributed by atoms with Crippen molar-refractivity contribution in [1.29, 1.82) is 0 Å². The lowest BCUT2D eigenvalue weighted by Crippen LogP contribution is -2.20.